The molecule has 29 heavy (non-hydrogen) atoms. The van der Waals surface area contributed by atoms with Gasteiger partial charge in [0.2, 0.25) is 0 Å². The topological polar surface area (TPSA) is 9.23 Å². The largest absolute Gasteiger partial charge is 0.373 e. The molecule has 0 aromatic carbocycles. The van der Waals surface area contributed by atoms with Crippen LogP contribution in [0.3, 0.4) is 0 Å². The van der Waals surface area contributed by atoms with Gasteiger partial charge in [-0.1, -0.05) is 129 Å². The van der Waals surface area contributed by atoms with Crippen molar-refractivity contribution >= 4 is 23.2 Å². The Kier molecular flexibility index (Phi) is 25.3. The average molecular weight is 452 g/mol. The first-order chi connectivity index (χ1) is 14.3. The Balaban J connectivity index is 3.62. The molecule has 176 valence electrons. The summed E-state index contributed by atoms with van der Waals surface area (Å²) in [5.74, 6) is 1.20. The number of hydrogen-bond donors (Lipinski definition) is 0. The van der Waals surface area contributed by atoms with Gasteiger partial charge < -0.3 is 4.74 Å². The van der Waals surface area contributed by atoms with Crippen LogP contribution < -0.4 is 0 Å². The van der Waals surface area contributed by atoms with Crippen molar-refractivity contribution < 1.29 is 4.74 Å². The fourth-order valence-corrected chi connectivity index (χ4v) is 4.45. The van der Waals surface area contributed by atoms with Crippen molar-refractivity contribution in [2.45, 2.75) is 154 Å². The van der Waals surface area contributed by atoms with Crippen molar-refractivity contribution in [3.63, 3.8) is 0 Å². The molecule has 0 fully saturated rings. The number of alkyl halides is 2. The molecule has 0 aliphatic heterocycles. The Bertz CT molecular complexity index is 270. The fourth-order valence-electron chi connectivity index (χ4n) is 4.00. The maximum atomic E-state index is 6.23. The predicted molar refractivity (Wildman–Crippen MR) is 134 cm³/mol. The number of halogens is 2. The van der Waals surface area contributed by atoms with E-state index in [4.69, 9.17) is 27.9 Å². The van der Waals surface area contributed by atoms with Gasteiger partial charge in [-0.05, 0) is 12.8 Å². The molecule has 0 aromatic heterocycles. The van der Waals surface area contributed by atoms with Gasteiger partial charge in [-0.3, -0.25) is 0 Å². The van der Waals surface area contributed by atoms with Crippen LogP contribution >= 0.6 is 23.2 Å². The first kappa shape index (κ1) is 29.5. The van der Waals surface area contributed by atoms with Crippen LogP contribution in [0, 0.1) is 0 Å². The molecular weight excluding hydrogens is 399 g/mol. The maximum Gasteiger partial charge on any atom is 0.0714 e. The highest BCUT2D eigenvalue weighted by Gasteiger charge is 2.15. The zero-order chi connectivity index (χ0) is 21.4. The van der Waals surface area contributed by atoms with E-state index in [2.05, 4.69) is 13.8 Å². The molecule has 0 aliphatic rings. The Morgan fingerprint density at radius 3 is 1.00 bits per heavy atom. The van der Waals surface area contributed by atoms with Gasteiger partial charge in [-0.2, -0.15) is 0 Å². The van der Waals surface area contributed by atoms with Crippen LogP contribution in [-0.4, -0.2) is 24.0 Å². The molecule has 0 bridgehead atoms. The van der Waals surface area contributed by atoms with Gasteiger partial charge in [0.1, 0.15) is 0 Å². The lowest BCUT2D eigenvalue weighted by Gasteiger charge is -2.22. The van der Waals surface area contributed by atoms with E-state index in [1.54, 1.807) is 0 Å². The van der Waals surface area contributed by atoms with E-state index in [0.717, 1.165) is 12.8 Å². The fraction of sp³-hybridized carbons (Fsp3) is 1.00. The molecule has 0 saturated carbocycles. The Morgan fingerprint density at radius 1 is 0.448 bits per heavy atom. The van der Waals surface area contributed by atoms with Crippen molar-refractivity contribution in [1.82, 2.24) is 0 Å². The van der Waals surface area contributed by atoms with Crippen LogP contribution in [0.4, 0.5) is 0 Å². The monoisotopic (exact) mass is 450 g/mol. The van der Waals surface area contributed by atoms with Crippen molar-refractivity contribution in [3.05, 3.63) is 0 Å². The van der Waals surface area contributed by atoms with Crippen LogP contribution in [0.15, 0.2) is 0 Å². The van der Waals surface area contributed by atoms with E-state index in [1.807, 2.05) is 0 Å². The van der Waals surface area contributed by atoms with Gasteiger partial charge in [0.25, 0.3) is 0 Å². The molecule has 0 saturated heterocycles. The second-order valence-electron chi connectivity index (χ2n) is 8.92. The third-order valence-electron chi connectivity index (χ3n) is 5.99. The van der Waals surface area contributed by atoms with Crippen LogP contribution in [-0.2, 0) is 4.74 Å². The summed E-state index contributed by atoms with van der Waals surface area (Å²) in [4.78, 5) is 0. The van der Waals surface area contributed by atoms with E-state index >= 15 is 0 Å². The minimum Gasteiger partial charge on any atom is -0.373 e. The molecule has 0 aromatic rings. The van der Waals surface area contributed by atoms with Gasteiger partial charge in [-0.15, -0.1) is 23.2 Å². The van der Waals surface area contributed by atoms with Gasteiger partial charge in [0.15, 0.2) is 0 Å². The first-order valence-corrected chi connectivity index (χ1v) is 14.1. The van der Waals surface area contributed by atoms with Crippen LogP contribution in [0.25, 0.3) is 0 Å². The smallest absolute Gasteiger partial charge is 0.0714 e. The first-order valence-electron chi connectivity index (χ1n) is 13.1. The van der Waals surface area contributed by atoms with E-state index in [1.165, 1.54) is 116 Å². The van der Waals surface area contributed by atoms with E-state index in [9.17, 15) is 0 Å². The molecule has 0 rings (SSSR count). The summed E-state index contributed by atoms with van der Waals surface area (Å²) in [5.41, 5.74) is 0. The summed E-state index contributed by atoms with van der Waals surface area (Å²) >= 11 is 12.3. The average Bonchev–Trinajstić information content (AvgIpc) is 2.74. The van der Waals surface area contributed by atoms with Crippen molar-refractivity contribution in [1.29, 1.82) is 0 Å². The number of ether oxygens (including phenoxy) is 1. The van der Waals surface area contributed by atoms with Crippen LogP contribution in [0.5, 0.6) is 0 Å². The summed E-state index contributed by atoms with van der Waals surface area (Å²) in [6, 6.07) is 0. The molecule has 0 aliphatic carbocycles. The number of hydrogen-bond acceptors (Lipinski definition) is 1. The number of unbranched alkanes of at least 4 members (excludes halogenated alkanes) is 16. The Morgan fingerprint density at radius 2 is 0.724 bits per heavy atom. The molecule has 1 nitrogen and oxygen atoms in total. The molecule has 0 heterocycles. The SMILES string of the molecule is CCCCCCCCCCCC(CCl)OC(CCl)CCCCCCCCCCC. The van der Waals surface area contributed by atoms with Crippen LogP contribution in [0.1, 0.15) is 142 Å². The normalized spacial score (nSPS) is 13.7. The lowest BCUT2D eigenvalue weighted by atomic mass is 10.0. The molecular formula is C26H52Cl2O. The van der Waals surface area contributed by atoms with Crippen molar-refractivity contribution in [3.8, 4) is 0 Å². The highest BCUT2D eigenvalue weighted by molar-refractivity contribution is 6.18. The second kappa shape index (κ2) is 24.8. The molecule has 0 radical (unpaired) electrons. The maximum absolute atomic E-state index is 6.23. The summed E-state index contributed by atoms with van der Waals surface area (Å²) in [5, 5.41) is 0. The lowest BCUT2D eigenvalue weighted by Crippen LogP contribution is -2.25. The van der Waals surface area contributed by atoms with E-state index < -0.39 is 0 Å². The highest BCUT2D eigenvalue weighted by Crippen LogP contribution is 2.18. The summed E-state index contributed by atoms with van der Waals surface area (Å²) in [6.07, 6.45) is 27.1. The molecule has 3 heteroatoms. The number of rotatable bonds is 24. The van der Waals surface area contributed by atoms with Crippen molar-refractivity contribution in [2.75, 3.05) is 11.8 Å². The van der Waals surface area contributed by atoms with Gasteiger partial charge in [0.05, 0.1) is 12.2 Å². The third kappa shape index (κ3) is 21.6. The molecule has 2 atom stereocenters. The zero-order valence-corrected chi connectivity index (χ0v) is 21.4. The van der Waals surface area contributed by atoms with Crippen LogP contribution in [0.2, 0.25) is 0 Å². The standard InChI is InChI=1S/C26H52Cl2O/c1-3-5-7-9-11-13-15-17-19-21-25(23-27)29-26(24-28)22-20-18-16-14-12-10-8-6-4-2/h25-26H,3-24H2,1-2H3. The zero-order valence-electron chi connectivity index (χ0n) is 19.9. The summed E-state index contributed by atoms with van der Waals surface area (Å²) < 4.78 is 6.23. The predicted octanol–water partition coefficient (Wildman–Crippen LogP) is 10.1. The molecule has 0 amide bonds. The lowest BCUT2D eigenvalue weighted by molar-refractivity contribution is 0.00148. The van der Waals surface area contributed by atoms with Gasteiger partial charge in [-0.25, -0.2) is 0 Å². The minimum atomic E-state index is 0.184. The second-order valence-corrected chi connectivity index (χ2v) is 9.54. The summed E-state index contributed by atoms with van der Waals surface area (Å²) in [6.45, 7) is 4.56. The van der Waals surface area contributed by atoms with E-state index in [0.29, 0.717) is 11.8 Å². The van der Waals surface area contributed by atoms with Gasteiger partial charge in [0, 0.05) is 11.8 Å². The Hall–Kier alpha value is 0.540. The third-order valence-corrected chi connectivity index (χ3v) is 6.68. The van der Waals surface area contributed by atoms with Crippen molar-refractivity contribution in [2.24, 2.45) is 0 Å². The highest BCUT2D eigenvalue weighted by atomic mass is 35.5. The van der Waals surface area contributed by atoms with E-state index in [-0.39, 0.29) is 12.2 Å². The molecule has 0 N–H and O–H groups in total. The summed E-state index contributed by atoms with van der Waals surface area (Å²) in [7, 11) is 0. The Labute approximate surface area is 194 Å². The van der Waals surface area contributed by atoms with Gasteiger partial charge >= 0.3 is 0 Å². The molecule has 0 spiro atoms. The quantitative estimate of drug-likeness (QED) is 0.105. The molecule has 2 unspecified atom stereocenters. The minimum absolute atomic E-state index is 0.184.